The molecule has 6 nitrogen and oxygen atoms in total. The van der Waals surface area contributed by atoms with Gasteiger partial charge in [-0.2, -0.15) is 0 Å². The summed E-state index contributed by atoms with van der Waals surface area (Å²) >= 11 is 1.43. The lowest BCUT2D eigenvalue weighted by atomic mass is 9.95. The van der Waals surface area contributed by atoms with Crippen LogP contribution >= 0.6 is 11.3 Å². The number of hydrogen-bond donors (Lipinski definition) is 3. The van der Waals surface area contributed by atoms with Gasteiger partial charge in [-0.3, -0.25) is 14.4 Å². The third-order valence-corrected chi connectivity index (χ3v) is 6.46. The summed E-state index contributed by atoms with van der Waals surface area (Å²) in [4.78, 5) is 37.4. The number of amides is 2. The number of benzene rings is 2. The fraction of sp³-hybridized carbons (Fsp3) is 0.261. The second-order valence-electron chi connectivity index (χ2n) is 7.34. The van der Waals surface area contributed by atoms with Crippen LogP contribution in [-0.4, -0.2) is 22.9 Å². The monoisotopic (exact) mass is 422 g/mol. The van der Waals surface area contributed by atoms with E-state index >= 15 is 0 Å². The zero-order valence-electron chi connectivity index (χ0n) is 16.4. The Morgan fingerprint density at radius 3 is 2.53 bits per heavy atom. The second kappa shape index (κ2) is 8.67. The molecule has 4 rings (SSSR count). The number of carbonyl (C=O) groups is 3. The van der Waals surface area contributed by atoms with Crippen molar-refractivity contribution in [1.82, 2.24) is 0 Å². The van der Waals surface area contributed by atoms with Crippen molar-refractivity contribution in [3.63, 3.8) is 0 Å². The van der Waals surface area contributed by atoms with E-state index in [4.69, 9.17) is 5.11 Å². The maximum absolute atomic E-state index is 13.3. The molecule has 2 aromatic carbocycles. The van der Waals surface area contributed by atoms with Crippen LogP contribution < -0.4 is 10.6 Å². The van der Waals surface area contributed by atoms with Gasteiger partial charge in [-0.15, -0.1) is 11.3 Å². The van der Waals surface area contributed by atoms with Crippen LogP contribution in [0.25, 0.3) is 10.8 Å². The van der Waals surface area contributed by atoms with Gasteiger partial charge in [0.15, 0.2) is 0 Å². The lowest BCUT2D eigenvalue weighted by Gasteiger charge is -2.14. The van der Waals surface area contributed by atoms with E-state index in [9.17, 15) is 14.4 Å². The highest BCUT2D eigenvalue weighted by molar-refractivity contribution is 7.17. The van der Waals surface area contributed by atoms with E-state index in [1.165, 1.54) is 11.3 Å². The van der Waals surface area contributed by atoms with Crippen molar-refractivity contribution in [2.75, 3.05) is 10.6 Å². The minimum Gasteiger partial charge on any atom is -0.481 e. The van der Waals surface area contributed by atoms with Gasteiger partial charge < -0.3 is 15.7 Å². The summed E-state index contributed by atoms with van der Waals surface area (Å²) in [5.74, 6) is -1.67. The van der Waals surface area contributed by atoms with Crippen LogP contribution in [0.15, 0.2) is 42.5 Å². The van der Waals surface area contributed by atoms with Gasteiger partial charge in [-0.05, 0) is 42.7 Å². The quantitative estimate of drug-likeness (QED) is 0.530. The Bertz CT molecular complexity index is 1130. The third-order valence-electron chi connectivity index (χ3n) is 5.26. The minimum atomic E-state index is -1.02. The van der Waals surface area contributed by atoms with E-state index < -0.39 is 11.9 Å². The van der Waals surface area contributed by atoms with Crippen molar-refractivity contribution in [3.05, 3.63) is 58.5 Å². The van der Waals surface area contributed by atoms with E-state index in [0.717, 1.165) is 52.6 Å². The molecule has 0 fully saturated rings. The highest BCUT2D eigenvalue weighted by atomic mass is 32.1. The highest BCUT2D eigenvalue weighted by Gasteiger charge is 2.26. The summed E-state index contributed by atoms with van der Waals surface area (Å²) in [6.45, 7) is 0. The summed E-state index contributed by atoms with van der Waals surface area (Å²) in [5.41, 5.74) is 2.22. The molecule has 1 aromatic heterocycles. The smallest absolute Gasteiger partial charge is 0.303 e. The van der Waals surface area contributed by atoms with Gasteiger partial charge in [0.25, 0.3) is 5.91 Å². The average Bonchev–Trinajstić information content (AvgIpc) is 3.10. The average molecular weight is 423 g/mol. The molecule has 2 amide bonds. The number of carbonyl (C=O) groups excluding carboxylic acids is 2. The SMILES string of the molecule is O=C(O)CCC(=O)Nc1sc2c(c1C(=O)Nc1cccc3ccccc13)CCCC2. The third kappa shape index (κ3) is 4.21. The first-order valence-electron chi connectivity index (χ1n) is 9.98. The van der Waals surface area contributed by atoms with Gasteiger partial charge in [-0.1, -0.05) is 36.4 Å². The van der Waals surface area contributed by atoms with Crippen LogP contribution in [0.1, 0.15) is 46.5 Å². The molecular formula is C23H22N2O4S. The lowest BCUT2D eigenvalue weighted by Crippen LogP contribution is -2.19. The number of carboxylic acid groups (broad SMARTS) is 1. The fourth-order valence-corrected chi connectivity index (χ4v) is 5.13. The first kappa shape index (κ1) is 20.1. The first-order chi connectivity index (χ1) is 14.5. The Kier molecular flexibility index (Phi) is 5.81. The van der Waals surface area contributed by atoms with E-state index in [1.54, 1.807) is 0 Å². The van der Waals surface area contributed by atoms with E-state index in [1.807, 2.05) is 42.5 Å². The number of aryl methyl sites for hydroxylation is 1. The van der Waals surface area contributed by atoms with E-state index in [2.05, 4.69) is 10.6 Å². The van der Waals surface area contributed by atoms with Crippen molar-refractivity contribution >= 4 is 50.6 Å². The lowest BCUT2D eigenvalue weighted by molar-refractivity contribution is -0.138. The van der Waals surface area contributed by atoms with Crippen molar-refractivity contribution in [3.8, 4) is 0 Å². The summed E-state index contributed by atoms with van der Waals surface area (Å²) in [6, 6.07) is 13.6. The van der Waals surface area contributed by atoms with Gasteiger partial charge in [0, 0.05) is 22.4 Å². The van der Waals surface area contributed by atoms with Gasteiger partial charge >= 0.3 is 5.97 Å². The molecular weight excluding hydrogens is 400 g/mol. The largest absolute Gasteiger partial charge is 0.481 e. The highest BCUT2D eigenvalue weighted by Crippen LogP contribution is 2.39. The van der Waals surface area contributed by atoms with Crippen LogP contribution in [-0.2, 0) is 22.4 Å². The molecule has 0 atom stereocenters. The normalized spacial score (nSPS) is 12.9. The van der Waals surface area contributed by atoms with Crippen LogP contribution in [0.2, 0.25) is 0 Å². The Morgan fingerprint density at radius 1 is 0.933 bits per heavy atom. The van der Waals surface area contributed by atoms with E-state index in [0.29, 0.717) is 10.6 Å². The Hall–Kier alpha value is -3.19. The topological polar surface area (TPSA) is 95.5 Å². The molecule has 3 N–H and O–H groups in total. The molecule has 1 aliphatic carbocycles. The molecule has 0 unspecified atom stereocenters. The predicted molar refractivity (Wildman–Crippen MR) is 118 cm³/mol. The first-order valence-corrected chi connectivity index (χ1v) is 10.8. The number of aliphatic carboxylic acids is 1. The number of thiophene rings is 1. The molecule has 0 radical (unpaired) electrons. The minimum absolute atomic E-state index is 0.123. The fourth-order valence-electron chi connectivity index (χ4n) is 3.82. The Balaban J connectivity index is 1.64. The number of nitrogens with one attached hydrogen (secondary N) is 2. The zero-order valence-corrected chi connectivity index (χ0v) is 17.2. The standard InChI is InChI=1S/C23H22N2O4S/c26-19(12-13-20(27)28)25-23-21(16-9-3-4-11-18(16)30-23)22(29)24-17-10-5-7-14-6-1-2-8-15(14)17/h1-2,5-8,10H,3-4,9,11-13H2,(H,24,29)(H,25,26)(H,27,28). The summed E-state index contributed by atoms with van der Waals surface area (Å²) in [5, 5.41) is 17.1. The Labute approximate surface area is 177 Å². The number of fused-ring (bicyclic) bond motifs is 2. The number of rotatable bonds is 6. The number of hydrogen-bond acceptors (Lipinski definition) is 4. The van der Waals surface area contributed by atoms with Gasteiger partial charge in [0.05, 0.1) is 12.0 Å². The molecule has 154 valence electrons. The Morgan fingerprint density at radius 2 is 1.70 bits per heavy atom. The predicted octanol–water partition coefficient (Wildman–Crippen LogP) is 4.84. The molecule has 7 heteroatoms. The summed E-state index contributed by atoms with van der Waals surface area (Å²) in [6.07, 6.45) is 3.39. The molecule has 0 bridgehead atoms. The maximum atomic E-state index is 13.3. The van der Waals surface area contributed by atoms with Gasteiger partial charge in [0.1, 0.15) is 5.00 Å². The van der Waals surface area contributed by atoms with Crippen LogP contribution in [0.5, 0.6) is 0 Å². The molecule has 1 heterocycles. The van der Waals surface area contributed by atoms with Crippen LogP contribution in [0.4, 0.5) is 10.7 Å². The molecule has 30 heavy (non-hydrogen) atoms. The van der Waals surface area contributed by atoms with Crippen LogP contribution in [0, 0.1) is 0 Å². The van der Waals surface area contributed by atoms with Gasteiger partial charge in [-0.25, -0.2) is 0 Å². The zero-order chi connectivity index (χ0) is 21.1. The molecule has 0 saturated carbocycles. The van der Waals surface area contributed by atoms with E-state index in [-0.39, 0.29) is 18.7 Å². The molecule has 0 saturated heterocycles. The molecule has 0 spiro atoms. The van der Waals surface area contributed by atoms with Crippen molar-refractivity contribution in [2.45, 2.75) is 38.5 Å². The van der Waals surface area contributed by atoms with Crippen molar-refractivity contribution in [2.24, 2.45) is 0 Å². The molecule has 3 aromatic rings. The number of carboxylic acids is 1. The van der Waals surface area contributed by atoms with Crippen LogP contribution in [0.3, 0.4) is 0 Å². The molecule has 0 aliphatic heterocycles. The van der Waals surface area contributed by atoms with Crippen molar-refractivity contribution < 1.29 is 19.5 Å². The molecule has 1 aliphatic rings. The summed E-state index contributed by atoms with van der Waals surface area (Å²) in [7, 11) is 0. The number of anilines is 2. The second-order valence-corrected chi connectivity index (χ2v) is 8.44. The van der Waals surface area contributed by atoms with Crippen molar-refractivity contribution in [1.29, 1.82) is 0 Å². The van der Waals surface area contributed by atoms with Gasteiger partial charge in [0.2, 0.25) is 5.91 Å². The maximum Gasteiger partial charge on any atom is 0.303 e. The summed E-state index contributed by atoms with van der Waals surface area (Å²) < 4.78 is 0.